The summed E-state index contributed by atoms with van der Waals surface area (Å²) in [4.78, 5) is 8.04. The van der Waals surface area contributed by atoms with Crippen molar-refractivity contribution in [2.45, 2.75) is 6.42 Å². The van der Waals surface area contributed by atoms with Gasteiger partial charge in [-0.3, -0.25) is 0 Å². The average Bonchev–Trinajstić information content (AvgIpc) is 2.49. The first kappa shape index (κ1) is 15.3. The fourth-order valence-corrected chi connectivity index (χ4v) is 2.13. The minimum Gasteiger partial charge on any atom is -0.494 e. The van der Waals surface area contributed by atoms with Gasteiger partial charge in [-0.1, -0.05) is 17.7 Å². The third kappa shape index (κ3) is 3.72. The number of hydrogen-bond acceptors (Lipinski definition) is 5. The first-order valence-corrected chi connectivity index (χ1v) is 6.78. The average molecular weight is 311 g/mol. The molecule has 1 heterocycles. The summed E-state index contributed by atoms with van der Waals surface area (Å²) in [6.45, 7) is 0.622. The molecule has 0 aliphatic heterocycles. The fourth-order valence-electron chi connectivity index (χ4n) is 1.90. The molecule has 0 aliphatic carbocycles. The fraction of sp³-hybridized carbons (Fsp3) is 0.286. The molecule has 0 aliphatic rings. The van der Waals surface area contributed by atoms with Gasteiger partial charge in [-0.15, -0.1) is 0 Å². The van der Waals surface area contributed by atoms with Gasteiger partial charge in [0.05, 0.1) is 7.11 Å². The van der Waals surface area contributed by atoms with Crippen LogP contribution in [0.25, 0.3) is 0 Å². The van der Waals surface area contributed by atoms with Crippen molar-refractivity contribution in [3.63, 3.8) is 0 Å². The maximum Gasteiger partial charge on any atom is 0.165 e. The number of rotatable bonds is 6. The van der Waals surface area contributed by atoms with Gasteiger partial charge in [-0.2, -0.15) is 0 Å². The van der Waals surface area contributed by atoms with Gasteiger partial charge in [0.25, 0.3) is 0 Å². The van der Waals surface area contributed by atoms with Gasteiger partial charge >= 0.3 is 0 Å². The van der Waals surface area contributed by atoms with E-state index in [2.05, 4.69) is 20.6 Å². The van der Waals surface area contributed by atoms with Gasteiger partial charge in [0.1, 0.15) is 12.0 Å². The summed E-state index contributed by atoms with van der Waals surface area (Å²) in [5.41, 5.74) is 1.61. The molecule has 0 amide bonds. The molecule has 1 aromatic carbocycles. The topological polar surface area (TPSA) is 59.1 Å². The van der Waals surface area contributed by atoms with Crippen LogP contribution in [0.3, 0.4) is 0 Å². The Kier molecular flexibility index (Phi) is 5.16. The van der Waals surface area contributed by atoms with Gasteiger partial charge < -0.3 is 15.4 Å². The first-order chi connectivity index (χ1) is 10.2. The van der Waals surface area contributed by atoms with Crippen LogP contribution < -0.4 is 15.4 Å². The van der Waals surface area contributed by atoms with Gasteiger partial charge in [0.15, 0.2) is 22.5 Å². The molecule has 0 saturated carbocycles. The predicted molar refractivity (Wildman–Crippen MR) is 81.7 cm³/mol. The maximum absolute atomic E-state index is 13.3. The van der Waals surface area contributed by atoms with Crippen LogP contribution in [0.1, 0.15) is 5.56 Å². The number of aromatic nitrogens is 2. The van der Waals surface area contributed by atoms with Crippen molar-refractivity contribution in [2.75, 3.05) is 31.3 Å². The normalized spacial score (nSPS) is 10.3. The maximum atomic E-state index is 13.3. The van der Waals surface area contributed by atoms with E-state index in [4.69, 9.17) is 16.3 Å². The quantitative estimate of drug-likeness (QED) is 0.803. The minimum atomic E-state index is -0.366. The zero-order chi connectivity index (χ0) is 15.2. The number of methoxy groups -OCH3 is 1. The molecule has 0 radical (unpaired) electrons. The van der Waals surface area contributed by atoms with Crippen LogP contribution in [-0.2, 0) is 6.42 Å². The number of anilines is 2. The zero-order valence-electron chi connectivity index (χ0n) is 11.8. The second-order valence-corrected chi connectivity index (χ2v) is 4.64. The Morgan fingerprint density at radius 3 is 2.86 bits per heavy atom. The molecule has 5 nitrogen and oxygen atoms in total. The lowest BCUT2D eigenvalue weighted by Gasteiger charge is -2.11. The summed E-state index contributed by atoms with van der Waals surface area (Å²) >= 11 is 5.97. The molecule has 0 fully saturated rings. The van der Waals surface area contributed by atoms with E-state index in [0.717, 1.165) is 5.56 Å². The van der Waals surface area contributed by atoms with E-state index in [1.165, 1.54) is 19.5 Å². The lowest BCUT2D eigenvalue weighted by atomic mass is 10.1. The summed E-state index contributed by atoms with van der Waals surface area (Å²) in [6, 6.07) is 4.81. The molecule has 0 spiro atoms. The Balaban J connectivity index is 2.00. The molecule has 21 heavy (non-hydrogen) atoms. The second kappa shape index (κ2) is 7.08. The van der Waals surface area contributed by atoms with Crippen LogP contribution in [0, 0.1) is 5.82 Å². The molecule has 0 unspecified atom stereocenters. The molecular weight excluding hydrogens is 295 g/mol. The smallest absolute Gasteiger partial charge is 0.165 e. The Labute approximate surface area is 127 Å². The van der Waals surface area contributed by atoms with E-state index in [9.17, 15) is 4.39 Å². The Morgan fingerprint density at radius 2 is 2.14 bits per heavy atom. The van der Waals surface area contributed by atoms with Crippen molar-refractivity contribution in [1.29, 1.82) is 0 Å². The molecule has 0 saturated heterocycles. The van der Waals surface area contributed by atoms with Crippen LogP contribution in [0.4, 0.5) is 15.9 Å². The third-order valence-electron chi connectivity index (χ3n) is 2.97. The number of benzene rings is 1. The van der Waals surface area contributed by atoms with Gasteiger partial charge in [0.2, 0.25) is 0 Å². The summed E-state index contributed by atoms with van der Waals surface area (Å²) in [7, 11) is 3.20. The molecule has 7 heteroatoms. The Morgan fingerprint density at radius 1 is 1.33 bits per heavy atom. The highest BCUT2D eigenvalue weighted by Crippen LogP contribution is 2.25. The van der Waals surface area contributed by atoms with Crippen molar-refractivity contribution < 1.29 is 9.13 Å². The predicted octanol–water partition coefficient (Wildman–Crippen LogP) is 2.97. The van der Waals surface area contributed by atoms with Crippen LogP contribution in [0.2, 0.25) is 5.15 Å². The third-order valence-corrected chi connectivity index (χ3v) is 3.26. The van der Waals surface area contributed by atoms with Crippen molar-refractivity contribution in [3.05, 3.63) is 41.1 Å². The SMILES string of the molecule is CNc1c(Cl)ncnc1NCCc1ccc(F)c(OC)c1. The monoisotopic (exact) mass is 310 g/mol. The van der Waals surface area contributed by atoms with Gasteiger partial charge in [-0.05, 0) is 24.1 Å². The van der Waals surface area contributed by atoms with Gasteiger partial charge in [-0.25, -0.2) is 14.4 Å². The molecule has 2 N–H and O–H groups in total. The van der Waals surface area contributed by atoms with E-state index in [-0.39, 0.29) is 11.6 Å². The Bertz CT molecular complexity index is 624. The van der Waals surface area contributed by atoms with Crippen LogP contribution in [0.5, 0.6) is 5.75 Å². The number of hydrogen-bond donors (Lipinski definition) is 2. The standard InChI is InChI=1S/C14H16ClFN4O/c1-17-12-13(15)19-8-20-14(12)18-6-5-9-3-4-10(16)11(7-9)21-2/h3-4,7-8,17H,5-6H2,1-2H3,(H,18,19,20). The van der Waals surface area contributed by atoms with E-state index in [1.54, 1.807) is 19.2 Å². The van der Waals surface area contributed by atoms with Crippen LogP contribution in [0.15, 0.2) is 24.5 Å². The van der Waals surface area contributed by atoms with E-state index >= 15 is 0 Å². The van der Waals surface area contributed by atoms with E-state index in [1.807, 2.05) is 0 Å². The van der Waals surface area contributed by atoms with Gasteiger partial charge in [0, 0.05) is 13.6 Å². The molecule has 0 atom stereocenters. The first-order valence-electron chi connectivity index (χ1n) is 6.40. The molecule has 112 valence electrons. The minimum absolute atomic E-state index is 0.244. The highest BCUT2D eigenvalue weighted by atomic mass is 35.5. The van der Waals surface area contributed by atoms with Crippen LogP contribution in [-0.4, -0.2) is 30.7 Å². The van der Waals surface area contributed by atoms with Crippen molar-refractivity contribution in [1.82, 2.24) is 9.97 Å². The number of ether oxygens (including phenoxy) is 1. The van der Waals surface area contributed by atoms with Crippen molar-refractivity contribution in [3.8, 4) is 5.75 Å². The Hall–Kier alpha value is -2.08. The molecule has 0 bridgehead atoms. The summed E-state index contributed by atoms with van der Waals surface area (Å²) in [5.74, 6) is 0.509. The largest absolute Gasteiger partial charge is 0.494 e. The molecule has 1 aromatic heterocycles. The summed E-state index contributed by atoms with van der Waals surface area (Å²) < 4.78 is 18.3. The molecule has 2 rings (SSSR count). The van der Waals surface area contributed by atoms with E-state index in [0.29, 0.717) is 29.6 Å². The summed E-state index contributed by atoms with van der Waals surface area (Å²) in [6.07, 6.45) is 2.09. The molecular formula is C14H16ClFN4O. The number of nitrogens with one attached hydrogen (secondary N) is 2. The number of nitrogens with zero attached hydrogens (tertiary/aromatic N) is 2. The highest BCUT2D eigenvalue weighted by Gasteiger charge is 2.08. The lowest BCUT2D eigenvalue weighted by Crippen LogP contribution is -2.09. The van der Waals surface area contributed by atoms with Crippen molar-refractivity contribution >= 4 is 23.1 Å². The summed E-state index contributed by atoms with van der Waals surface area (Å²) in [5, 5.41) is 6.48. The van der Waals surface area contributed by atoms with E-state index < -0.39 is 0 Å². The van der Waals surface area contributed by atoms with Crippen LogP contribution >= 0.6 is 11.6 Å². The lowest BCUT2D eigenvalue weighted by molar-refractivity contribution is 0.386. The molecule has 2 aromatic rings. The second-order valence-electron chi connectivity index (χ2n) is 4.28. The zero-order valence-corrected chi connectivity index (χ0v) is 12.5. The number of halogens is 2. The highest BCUT2D eigenvalue weighted by molar-refractivity contribution is 6.32. The van der Waals surface area contributed by atoms with Crippen molar-refractivity contribution in [2.24, 2.45) is 0 Å².